The fourth-order valence-electron chi connectivity index (χ4n) is 4.74. The van der Waals surface area contributed by atoms with E-state index in [1.54, 1.807) is 31.0 Å². The third kappa shape index (κ3) is 2.92. The van der Waals surface area contributed by atoms with Crippen LogP contribution < -0.4 is 0 Å². The summed E-state index contributed by atoms with van der Waals surface area (Å²) in [6, 6.07) is 6.06. The highest BCUT2D eigenvalue weighted by Gasteiger charge is 2.67. The largest absolute Gasteiger partial charge is 0.424 e. The van der Waals surface area contributed by atoms with Gasteiger partial charge in [0.1, 0.15) is 11.4 Å². The molecule has 0 radical (unpaired) electrons. The van der Waals surface area contributed by atoms with Gasteiger partial charge in [0.15, 0.2) is 0 Å². The fraction of sp³-hybridized carbons (Fsp3) is 0.429. The highest BCUT2D eigenvalue weighted by Crippen LogP contribution is 2.52. The van der Waals surface area contributed by atoms with Crippen LogP contribution in [0, 0.1) is 24.6 Å². The number of carbonyl (C=O) groups is 2. The van der Waals surface area contributed by atoms with Gasteiger partial charge in [-0.3, -0.25) is 9.59 Å². The number of hydrogen-bond donors (Lipinski definition) is 0. The quantitative estimate of drug-likeness (QED) is 0.691. The summed E-state index contributed by atoms with van der Waals surface area (Å²) in [6.07, 6.45) is 3.36. The van der Waals surface area contributed by atoms with Crippen LogP contribution in [0.3, 0.4) is 0 Å². The number of aromatic nitrogens is 2. The maximum absolute atomic E-state index is 13.3. The van der Waals surface area contributed by atoms with E-state index in [-0.39, 0.29) is 24.2 Å². The van der Waals surface area contributed by atoms with Crippen LogP contribution in [-0.2, 0) is 27.4 Å². The Balaban J connectivity index is 1.35. The molecule has 9 heteroatoms. The first-order valence-electron chi connectivity index (χ1n) is 9.81. The second-order valence-electron chi connectivity index (χ2n) is 8.13. The van der Waals surface area contributed by atoms with Crippen molar-refractivity contribution in [1.29, 1.82) is 0 Å². The standard InChI is InChI=1S/C21H21FN4O4/c1-12-23-24-16(29-12)10-25(2)19(27)17-15-7-8-21(30-15)11-26(20(28)18(17)21)9-13-3-5-14(22)6-4-13/h3-8,15,17-18H,9-11H2,1-2H3/t15-,17+,18-,21-/m0/s1. The molecule has 0 unspecified atom stereocenters. The smallest absolute Gasteiger partial charge is 0.235 e. The van der Waals surface area contributed by atoms with Gasteiger partial charge in [-0.2, -0.15) is 0 Å². The molecule has 1 aromatic heterocycles. The van der Waals surface area contributed by atoms with Crippen molar-refractivity contribution in [2.45, 2.75) is 31.7 Å². The van der Waals surface area contributed by atoms with Crippen LogP contribution in [0.2, 0.25) is 0 Å². The molecular formula is C21H21FN4O4. The maximum atomic E-state index is 13.3. The van der Waals surface area contributed by atoms with Gasteiger partial charge >= 0.3 is 0 Å². The summed E-state index contributed by atoms with van der Waals surface area (Å²) in [5.41, 5.74) is 0.0377. The van der Waals surface area contributed by atoms with Crippen molar-refractivity contribution in [2.75, 3.05) is 13.6 Å². The second kappa shape index (κ2) is 6.73. The zero-order valence-corrected chi connectivity index (χ0v) is 16.6. The number of halogens is 1. The average Bonchev–Trinajstić information content (AvgIpc) is 3.45. The number of amides is 2. The molecule has 4 atom stereocenters. The van der Waals surface area contributed by atoms with E-state index in [9.17, 15) is 14.0 Å². The van der Waals surface area contributed by atoms with E-state index in [1.165, 1.54) is 17.0 Å². The van der Waals surface area contributed by atoms with Gasteiger partial charge in [0.2, 0.25) is 23.6 Å². The van der Waals surface area contributed by atoms with E-state index in [0.29, 0.717) is 24.9 Å². The van der Waals surface area contributed by atoms with Gasteiger partial charge < -0.3 is 19.0 Å². The van der Waals surface area contributed by atoms with Gasteiger partial charge in [0.25, 0.3) is 0 Å². The molecule has 3 aliphatic rings. The fourth-order valence-corrected chi connectivity index (χ4v) is 4.74. The van der Waals surface area contributed by atoms with E-state index in [2.05, 4.69) is 10.2 Å². The van der Waals surface area contributed by atoms with Crippen LogP contribution in [0.25, 0.3) is 0 Å². The van der Waals surface area contributed by atoms with Gasteiger partial charge in [0.05, 0.1) is 31.0 Å². The third-order valence-corrected chi connectivity index (χ3v) is 6.07. The molecule has 4 heterocycles. The number of carbonyl (C=O) groups excluding carboxylic acids is 2. The first kappa shape index (κ1) is 18.9. The lowest BCUT2D eigenvalue weighted by Crippen LogP contribution is -2.44. The average molecular weight is 412 g/mol. The molecule has 0 N–H and O–H groups in total. The first-order valence-corrected chi connectivity index (χ1v) is 9.81. The Hall–Kier alpha value is -3.07. The highest BCUT2D eigenvalue weighted by atomic mass is 19.1. The van der Waals surface area contributed by atoms with Gasteiger partial charge in [0, 0.05) is 20.5 Å². The Kier molecular flexibility index (Phi) is 4.25. The summed E-state index contributed by atoms with van der Waals surface area (Å²) in [5, 5.41) is 7.71. The van der Waals surface area contributed by atoms with Crippen molar-refractivity contribution in [3.8, 4) is 0 Å². The van der Waals surface area contributed by atoms with Crippen LogP contribution in [0.5, 0.6) is 0 Å². The van der Waals surface area contributed by atoms with Gasteiger partial charge in [-0.1, -0.05) is 24.3 Å². The molecule has 0 saturated carbocycles. The Labute approximate surface area is 172 Å². The number of benzene rings is 1. The van der Waals surface area contributed by atoms with E-state index < -0.39 is 23.5 Å². The molecule has 1 spiro atoms. The van der Waals surface area contributed by atoms with Crippen molar-refractivity contribution in [3.63, 3.8) is 0 Å². The Morgan fingerprint density at radius 2 is 2.10 bits per heavy atom. The molecule has 3 aliphatic heterocycles. The molecule has 156 valence electrons. The lowest BCUT2D eigenvalue weighted by atomic mass is 9.76. The lowest BCUT2D eigenvalue weighted by molar-refractivity contribution is -0.143. The molecule has 2 fully saturated rings. The summed E-state index contributed by atoms with van der Waals surface area (Å²) < 4.78 is 24.7. The normalized spacial score (nSPS) is 29.0. The van der Waals surface area contributed by atoms with E-state index in [4.69, 9.17) is 9.15 Å². The zero-order chi connectivity index (χ0) is 21.0. The maximum Gasteiger partial charge on any atom is 0.235 e. The molecule has 5 rings (SSSR count). The van der Waals surface area contributed by atoms with Crippen molar-refractivity contribution >= 4 is 11.8 Å². The summed E-state index contributed by atoms with van der Waals surface area (Å²) in [4.78, 5) is 29.7. The Bertz CT molecular complexity index is 1040. The molecule has 30 heavy (non-hydrogen) atoms. The number of rotatable bonds is 5. The monoisotopic (exact) mass is 412 g/mol. The second-order valence-corrected chi connectivity index (χ2v) is 8.13. The SMILES string of the molecule is Cc1nnc(CN(C)C(=O)[C@@H]2[C@@H]3C=C[C@@]4(CN(Cc5ccc(F)cc5)C(=O)[C@H]24)O3)o1. The van der Waals surface area contributed by atoms with Gasteiger partial charge in [-0.05, 0) is 17.7 Å². The van der Waals surface area contributed by atoms with Gasteiger partial charge in [-0.15, -0.1) is 10.2 Å². The van der Waals surface area contributed by atoms with Crippen molar-refractivity contribution < 1.29 is 23.1 Å². The predicted molar refractivity (Wildman–Crippen MR) is 101 cm³/mol. The molecule has 2 saturated heterocycles. The van der Waals surface area contributed by atoms with Crippen LogP contribution in [0.1, 0.15) is 17.3 Å². The topological polar surface area (TPSA) is 88.8 Å². The number of fused-ring (bicyclic) bond motifs is 1. The third-order valence-electron chi connectivity index (χ3n) is 6.07. The van der Waals surface area contributed by atoms with Crippen LogP contribution in [-0.4, -0.2) is 57.1 Å². The number of likely N-dealkylation sites (tertiary alicyclic amines) is 1. The van der Waals surface area contributed by atoms with Crippen molar-refractivity contribution in [3.05, 3.63) is 59.6 Å². The van der Waals surface area contributed by atoms with Gasteiger partial charge in [-0.25, -0.2) is 4.39 Å². The molecule has 2 bridgehead atoms. The summed E-state index contributed by atoms with van der Waals surface area (Å²) in [6.45, 7) is 2.57. The molecule has 8 nitrogen and oxygen atoms in total. The number of aryl methyl sites for hydroxylation is 1. The minimum absolute atomic E-state index is 0.119. The van der Waals surface area contributed by atoms with Crippen LogP contribution >= 0.6 is 0 Å². The minimum Gasteiger partial charge on any atom is -0.424 e. The predicted octanol–water partition coefficient (Wildman–Crippen LogP) is 1.46. The summed E-state index contributed by atoms with van der Waals surface area (Å²) in [7, 11) is 1.65. The number of nitrogens with zero attached hydrogens (tertiary/aromatic N) is 4. The molecule has 2 aromatic rings. The zero-order valence-electron chi connectivity index (χ0n) is 16.6. The molecular weight excluding hydrogens is 391 g/mol. The van der Waals surface area contributed by atoms with E-state index in [0.717, 1.165) is 5.56 Å². The lowest BCUT2D eigenvalue weighted by Gasteiger charge is -2.27. The van der Waals surface area contributed by atoms with Crippen molar-refractivity contribution in [1.82, 2.24) is 20.0 Å². The molecule has 1 aromatic carbocycles. The Morgan fingerprint density at radius 1 is 1.33 bits per heavy atom. The minimum atomic E-state index is -0.788. The first-order chi connectivity index (χ1) is 14.4. The van der Waals surface area contributed by atoms with E-state index in [1.807, 2.05) is 12.2 Å². The summed E-state index contributed by atoms with van der Waals surface area (Å²) >= 11 is 0. The van der Waals surface area contributed by atoms with E-state index >= 15 is 0 Å². The molecule has 2 amide bonds. The highest BCUT2D eigenvalue weighted by molar-refractivity contribution is 5.92. The van der Waals surface area contributed by atoms with Crippen LogP contribution in [0.4, 0.5) is 4.39 Å². The molecule has 0 aliphatic carbocycles. The van der Waals surface area contributed by atoms with Crippen LogP contribution in [0.15, 0.2) is 40.8 Å². The Morgan fingerprint density at radius 3 is 2.80 bits per heavy atom. The summed E-state index contributed by atoms with van der Waals surface area (Å²) in [5.74, 6) is -1.04. The number of ether oxygens (including phenoxy) is 1. The van der Waals surface area contributed by atoms with Crippen molar-refractivity contribution in [2.24, 2.45) is 11.8 Å². The number of hydrogen-bond acceptors (Lipinski definition) is 6.